The van der Waals surface area contributed by atoms with Gasteiger partial charge in [-0.3, -0.25) is 4.79 Å². The summed E-state index contributed by atoms with van der Waals surface area (Å²) in [5.74, 6) is -0.0548. The van der Waals surface area contributed by atoms with Crippen LogP contribution in [0.1, 0.15) is 13.3 Å². The predicted octanol–water partition coefficient (Wildman–Crippen LogP) is 2.03. The van der Waals surface area contributed by atoms with E-state index < -0.39 is 12.7 Å². The topological polar surface area (TPSA) is 60.0 Å². The highest BCUT2D eigenvalue weighted by atomic mass is 19.3. The molecule has 1 fully saturated rings. The van der Waals surface area contributed by atoms with Crippen molar-refractivity contribution in [2.75, 3.05) is 38.3 Å². The van der Waals surface area contributed by atoms with Crippen LogP contribution in [0, 0.1) is 0 Å². The Morgan fingerprint density at radius 3 is 2.84 bits per heavy atom. The molecule has 1 aromatic carbocycles. The van der Waals surface area contributed by atoms with Gasteiger partial charge in [-0.05, 0) is 25.5 Å². The Kier molecular flexibility index (Phi) is 7.39. The summed E-state index contributed by atoms with van der Waals surface area (Å²) in [5.41, 5.74) is 0.601. The third-order valence-electron chi connectivity index (χ3n) is 3.98. The van der Waals surface area contributed by atoms with E-state index in [1.807, 2.05) is 4.90 Å². The average molecular weight is 358 g/mol. The van der Waals surface area contributed by atoms with E-state index in [1.165, 1.54) is 6.07 Å². The minimum atomic E-state index is -2.87. The van der Waals surface area contributed by atoms with Gasteiger partial charge in [0.2, 0.25) is 5.91 Å². The first-order chi connectivity index (χ1) is 12.0. The van der Waals surface area contributed by atoms with E-state index in [1.54, 1.807) is 32.2 Å². The van der Waals surface area contributed by atoms with Gasteiger partial charge in [-0.25, -0.2) is 0 Å². The number of hydrogen-bond acceptors (Lipinski definition) is 5. The zero-order valence-corrected chi connectivity index (χ0v) is 14.4. The second-order valence-corrected chi connectivity index (χ2v) is 5.79. The van der Waals surface area contributed by atoms with Crippen molar-refractivity contribution >= 4 is 11.6 Å². The van der Waals surface area contributed by atoms with Gasteiger partial charge < -0.3 is 24.4 Å². The average Bonchev–Trinajstić information content (AvgIpc) is 3.03. The van der Waals surface area contributed by atoms with Crippen LogP contribution in [0.15, 0.2) is 24.3 Å². The zero-order chi connectivity index (χ0) is 18.2. The Balaban J connectivity index is 1.88. The van der Waals surface area contributed by atoms with Crippen molar-refractivity contribution in [3.63, 3.8) is 0 Å². The number of benzene rings is 1. The first-order valence-electron chi connectivity index (χ1n) is 8.21. The lowest BCUT2D eigenvalue weighted by atomic mass is 10.2. The van der Waals surface area contributed by atoms with Crippen molar-refractivity contribution < 1.29 is 27.8 Å². The van der Waals surface area contributed by atoms with Crippen LogP contribution in [0.25, 0.3) is 0 Å². The zero-order valence-electron chi connectivity index (χ0n) is 14.4. The van der Waals surface area contributed by atoms with Gasteiger partial charge in [0, 0.05) is 26.2 Å². The van der Waals surface area contributed by atoms with Crippen LogP contribution in [0.2, 0.25) is 0 Å². The number of methoxy groups -OCH3 is 1. The summed E-state index contributed by atoms with van der Waals surface area (Å²) < 4.78 is 39.9. The normalized spacial score (nSPS) is 18.4. The number of nitrogens with one attached hydrogen (secondary N) is 1. The summed E-state index contributed by atoms with van der Waals surface area (Å²) in [6.07, 6.45) is 0.151. The highest BCUT2D eigenvalue weighted by Crippen LogP contribution is 2.31. The Bertz CT molecular complexity index is 559. The molecule has 25 heavy (non-hydrogen) atoms. The van der Waals surface area contributed by atoms with Crippen LogP contribution in [0.5, 0.6) is 5.75 Å². The van der Waals surface area contributed by atoms with Gasteiger partial charge in [0.25, 0.3) is 0 Å². The molecule has 1 saturated heterocycles. The van der Waals surface area contributed by atoms with Crippen molar-refractivity contribution in [2.45, 2.75) is 32.1 Å². The number of amides is 1. The van der Waals surface area contributed by atoms with Gasteiger partial charge in [-0.15, -0.1) is 0 Å². The molecule has 8 heteroatoms. The minimum Gasteiger partial charge on any atom is -0.433 e. The van der Waals surface area contributed by atoms with E-state index in [0.29, 0.717) is 32.0 Å². The molecule has 2 unspecified atom stereocenters. The molecular weight excluding hydrogens is 334 g/mol. The quantitative estimate of drug-likeness (QED) is 0.685. The third kappa shape index (κ3) is 5.82. The van der Waals surface area contributed by atoms with Crippen molar-refractivity contribution in [2.24, 2.45) is 0 Å². The highest BCUT2D eigenvalue weighted by Gasteiger charge is 2.27. The van der Waals surface area contributed by atoms with E-state index in [2.05, 4.69) is 10.1 Å². The number of para-hydroxylation sites is 2. The van der Waals surface area contributed by atoms with E-state index in [0.717, 1.165) is 6.42 Å². The standard InChI is InChI=1S/C17H24F2N2O4/c1-12(24-10-9-23-2)16(22)20-13-7-8-21(11-13)14-5-3-4-6-15(14)25-17(18)19/h3-6,12-13,17H,7-11H2,1-2H3,(H,20,22). The van der Waals surface area contributed by atoms with Gasteiger partial charge in [0.1, 0.15) is 11.9 Å². The Morgan fingerprint density at radius 2 is 2.12 bits per heavy atom. The molecule has 1 N–H and O–H groups in total. The van der Waals surface area contributed by atoms with Crippen LogP contribution in [0.3, 0.4) is 0 Å². The predicted molar refractivity (Wildman–Crippen MR) is 89.1 cm³/mol. The number of rotatable bonds is 9. The molecule has 2 rings (SSSR count). The summed E-state index contributed by atoms with van der Waals surface area (Å²) in [5, 5.41) is 2.93. The minimum absolute atomic E-state index is 0.0689. The van der Waals surface area contributed by atoms with Crippen molar-refractivity contribution in [1.82, 2.24) is 5.32 Å². The highest BCUT2D eigenvalue weighted by molar-refractivity contribution is 5.80. The first-order valence-corrected chi connectivity index (χ1v) is 8.21. The molecule has 6 nitrogen and oxygen atoms in total. The summed E-state index contributed by atoms with van der Waals surface area (Å²) >= 11 is 0. The number of nitrogens with zero attached hydrogens (tertiary/aromatic N) is 1. The number of carbonyl (C=O) groups is 1. The number of ether oxygens (including phenoxy) is 3. The third-order valence-corrected chi connectivity index (χ3v) is 3.98. The fraction of sp³-hybridized carbons (Fsp3) is 0.588. The lowest BCUT2D eigenvalue weighted by molar-refractivity contribution is -0.133. The van der Waals surface area contributed by atoms with Crippen LogP contribution < -0.4 is 15.0 Å². The fourth-order valence-corrected chi connectivity index (χ4v) is 2.71. The first kappa shape index (κ1) is 19.4. The molecule has 1 amide bonds. The number of alkyl halides is 2. The van der Waals surface area contributed by atoms with Gasteiger partial charge >= 0.3 is 6.61 Å². The molecule has 0 aliphatic carbocycles. The van der Waals surface area contributed by atoms with Crippen LogP contribution >= 0.6 is 0 Å². The molecular formula is C17H24F2N2O4. The molecule has 0 bridgehead atoms. The largest absolute Gasteiger partial charge is 0.433 e. The van der Waals surface area contributed by atoms with Crippen LogP contribution in [-0.2, 0) is 14.3 Å². The molecule has 1 aliphatic rings. The van der Waals surface area contributed by atoms with Crippen molar-refractivity contribution in [1.29, 1.82) is 0 Å². The molecule has 1 aromatic rings. The van der Waals surface area contributed by atoms with E-state index in [-0.39, 0.29) is 17.7 Å². The Morgan fingerprint density at radius 1 is 1.36 bits per heavy atom. The van der Waals surface area contributed by atoms with Gasteiger partial charge in [0.05, 0.1) is 18.9 Å². The second-order valence-electron chi connectivity index (χ2n) is 5.79. The molecule has 0 spiro atoms. The summed E-state index contributed by atoms with van der Waals surface area (Å²) in [4.78, 5) is 14.1. The molecule has 0 saturated carbocycles. The monoisotopic (exact) mass is 358 g/mol. The molecule has 2 atom stereocenters. The van der Waals surface area contributed by atoms with Gasteiger partial charge in [-0.2, -0.15) is 8.78 Å². The number of hydrogen-bond donors (Lipinski definition) is 1. The Hall–Kier alpha value is -1.93. The maximum Gasteiger partial charge on any atom is 0.387 e. The molecule has 140 valence electrons. The Labute approximate surface area is 146 Å². The molecule has 1 aliphatic heterocycles. The lowest BCUT2D eigenvalue weighted by Gasteiger charge is -2.22. The van der Waals surface area contributed by atoms with Crippen molar-refractivity contribution in [3.05, 3.63) is 24.3 Å². The van der Waals surface area contributed by atoms with E-state index >= 15 is 0 Å². The van der Waals surface area contributed by atoms with Gasteiger partial charge in [0.15, 0.2) is 0 Å². The second kappa shape index (κ2) is 9.53. The fourth-order valence-electron chi connectivity index (χ4n) is 2.71. The number of anilines is 1. The van der Waals surface area contributed by atoms with E-state index in [4.69, 9.17) is 9.47 Å². The van der Waals surface area contributed by atoms with Crippen LogP contribution in [-0.4, -0.2) is 58.1 Å². The molecule has 0 aromatic heterocycles. The summed E-state index contributed by atoms with van der Waals surface area (Å²) in [6, 6.07) is 6.60. The maximum atomic E-state index is 12.5. The SMILES string of the molecule is COCCOC(C)C(=O)NC1CCN(c2ccccc2OC(F)F)C1. The lowest BCUT2D eigenvalue weighted by Crippen LogP contribution is -2.43. The number of halogens is 2. The van der Waals surface area contributed by atoms with Crippen molar-refractivity contribution in [3.8, 4) is 5.75 Å². The summed E-state index contributed by atoms with van der Waals surface area (Å²) in [7, 11) is 1.57. The summed E-state index contributed by atoms with van der Waals surface area (Å²) in [6.45, 7) is 0.761. The number of carbonyl (C=O) groups excluding carboxylic acids is 1. The maximum absolute atomic E-state index is 12.5. The van der Waals surface area contributed by atoms with Crippen LogP contribution in [0.4, 0.5) is 14.5 Å². The van der Waals surface area contributed by atoms with Gasteiger partial charge in [-0.1, -0.05) is 12.1 Å². The van der Waals surface area contributed by atoms with E-state index in [9.17, 15) is 13.6 Å². The molecule has 1 heterocycles. The molecule has 0 radical (unpaired) electrons. The smallest absolute Gasteiger partial charge is 0.387 e.